The van der Waals surface area contributed by atoms with Crippen LogP contribution in [-0.4, -0.2) is 27.0 Å². The maximum absolute atomic E-state index is 11.1. The van der Waals surface area contributed by atoms with Crippen LogP contribution in [0.3, 0.4) is 0 Å². The number of nitro benzene ring substituents is 1. The first-order chi connectivity index (χ1) is 10.9. The van der Waals surface area contributed by atoms with Gasteiger partial charge in [0.15, 0.2) is 0 Å². The molecule has 0 saturated heterocycles. The van der Waals surface area contributed by atoms with Crippen LogP contribution in [-0.2, 0) is 11.3 Å². The summed E-state index contributed by atoms with van der Waals surface area (Å²) in [6, 6.07) is 5.64. The first-order valence-corrected chi connectivity index (χ1v) is 7.92. The molecule has 0 aliphatic rings. The fourth-order valence-corrected chi connectivity index (χ4v) is 2.91. The van der Waals surface area contributed by atoms with Gasteiger partial charge < -0.3 is 5.11 Å². The van der Waals surface area contributed by atoms with Crippen molar-refractivity contribution in [3.05, 3.63) is 45.5 Å². The summed E-state index contributed by atoms with van der Waals surface area (Å²) >= 11 is 1.37. The lowest BCUT2D eigenvalue weighted by atomic mass is 10.1. The summed E-state index contributed by atoms with van der Waals surface area (Å²) in [6.45, 7) is 4.00. The van der Waals surface area contributed by atoms with E-state index < -0.39 is 16.9 Å². The number of carboxylic acid groups (broad SMARTS) is 1. The minimum Gasteiger partial charge on any atom is -0.480 e. The number of nitrogens with zero attached hydrogens (tertiary/aromatic N) is 2. The summed E-state index contributed by atoms with van der Waals surface area (Å²) in [5.74, 6) is -0.934. The normalized spacial score (nSPS) is 12.3. The number of carbonyl (C=O) groups is 1. The molecule has 2 aromatic rings. The van der Waals surface area contributed by atoms with Gasteiger partial charge in [0.2, 0.25) is 0 Å². The second-order valence-electron chi connectivity index (χ2n) is 5.39. The minimum atomic E-state index is -0.894. The molecule has 0 saturated carbocycles. The van der Waals surface area contributed by atoms with Crippen molar-refractivity contribution in [3.63, 3.8) is 0 Å². The first-order valence-electron chi connectivity index (χ1n) is 7.04. The van der Waals surface area contributed by atoms with Gasteiger partial charge in [-0.3, -0.25) is 20.2 Å². The molecular formula is C15H17N3O4S. The van der Waals surface area contributed by atoms with Gasteiger partial charge in [-0.25, -0.2) is 4.98 Å². The molecule has 122 valence electrons. The van der Waals surface area contributed by atoms with Gasteiger partial charge in [-0.15, -0.1) is 11.3 Å². The van der Waals surface area contributed by atoms with Crippen molar-refractivity contribution in [3.8, 4) is 10.6 Å². The summed E-state index contributed by atoms with van der Waals surface area (Å²) in [7, 11) is 0. The minimum absolute atomic E-state index is 0.0168. The average molecular weight is 335 g/mol. The van der Waals surface area contributed by atoms with E-state index in [1.54, 1.807) is 12.1 Å². The number of nitrogens with one attached hydrogen (secondary N) is 1. The van der Waals surface area contributed by atoms with Gasteiger partial charge in [0, 0.05) is 29.6 Å². The monoisotopic (exact) mass is 335 g/mol. The SMILES string of the molecule is CC(C)[C@H](NCc1csc(-c2cccc([N+](=O)[O-])c2)n1)C(=O)O. The van der Waals surface area contributed by atoms with Crippen molar-refractivity contribution in [1.29, 1.82) is 0 Å². The summed E-state index contributed by atoms with van der Waals surface area (Å²) < 4.78 is 0. The molecule has 23 heavy (non-hydrogen) atoms. The number of hydrogen-bond acceptors (Lipinski definition) is 6. The highest BCUT2D eigenvalue weighted by Crippen LogP contribution is 2.26. The molecule has 8 heteroatoms. The van der Waals surface area contributed by atoms with Crippen LogP contribution in [0.1, 0.15) is 19.5 Å². The smallest absolute Gasteiger partial charge is 0.320 e. The Morgan fingerprint density at radius 1 is 1.48 bits per heavy atom. The van der Waals surface area contributed by atoms with Crippen LogP contribution < -0.4 is 5.32 Å². The highest BCUT2D eigenvalue weighted by Gasteiger charge is 2.21. The average Bonchev–Trinajstić information content (AvgIpc) is 2.95. The standard InChI is InChI=1S/C15H17N3O4S/c1-9(2)13(15(19)20)16-7-11-8-23-14(17-11)10-4-3-5-12(6-10)18(21)22/h3-6,8-9,13,16H,7H2,1-2H3,(H,19,20)/t13-/m0/s1. The molecule has 2 rings (SSSR count). The highest BCUT2D eigenvalue weighted by molar-refractivity contribution is 7.13. The van der Waals surface area contributed by atoms with Crippen molar-refractivity contribution in [1.82, 2.24) is 10.3 Å². The van der Waals surface area contributed by atoms with E-state index in [4.69, 9.17) is 5.11 Å². The number of aromatic nitrogens is 1. The second kappa shape index (κ2) is 7.30. The lowest BCUT2D eigenvalue weighted by Gasteiger charge is -2.16. The largest absolute Gasteiger partial charge is 0.480 e. The number of benzene rings is 1. The van der Waals surface area contributed by atoms with Gasteiger partial charge in [0.05, 0.1) is 10.6 Å². The molecule has 0 fully saturated rings. The van der Waals surface area contributed by atoms with Crippen LogP contribution in [0.25, 0.3) is 10.6 Å². The summed E-state index contributed by atoms with van der Waals surface area (Å²) in [5.41, 5.74) is 1.40. The molecule has 0 aliphatic heterocycles. The molecule has 1 aromatic carbocycles. The molecule has 0 aliphatic carbocycles. The van der Waals surface area contributed by atoms with Crippen LogP contribution >= 0.6 is 11.3 Å². The van der Waals surface area contributed by atoms with Crippen LogP contribution in [0.4, 0.5) is 5.69 Å². The zero-order chi connectivity index (χ0) is 17.0. The van der Waals surface area contributed by atoms with Gasteiger partial charge in [-0.1, -0.05) is 26.0 Å². The lowest BCUT2D eigenvalue weighted by Crippen LogP contribution is -2.40. The number of thiazole rings is 1. The Morgan fingerprint density at radius 2 is 2.22 bits per heavy atom. The second-order valence-corrected chi connectivity index (χ2v) is 6.25. The molecule has 2 N–H and O–H groups in total. The van der Waals surface area contributed by atoms with Gasteiger partial charge in [0.1, 0.15) is 11.0 Å². The molecule has 1 aromatic heterocycles. The fraction of sp³-hybridized carbons (Fsp3) is 0.333. The molecule has 0 spiro atoms. The maximum Gasteiger partial charge on any atom is 0.320 e. The van der Waals surface area contributed by atoms with Crippen LogP contribution in [0.5, 0.6) is 0 Å². The molecule has 0 radical (unpaired) electrons. The zero-order valence-corrected chi connectivity index (χ0v) is 13.5. The fourth-order valence-electron chi connectivity index (χ4n) is 2.10. The van der Waals surface area contributed by atoms with Crippen molar-refractivity contribution in [2.24, 2.45) is 5.92 Å². The Balaban J connectivity index is 2.10. The number of nitro groups is 1. The summed E-state index contributed by atoms with van der Waals surface area (Å²) in [5, 5.41) is 25.4. The third kappa shape index (κ3) is 4.33. The Labute approximate surface area is 137 Å². The maximum atomic E-state index is 11.1. The van der Waals surface area contributed by atoms with E-state index in [0.29, 0.717) is 22.8 Å². The molecule has 0 amide bonds. The van der Waals surface area contributed by atoms with Gasteiger partial charge in [-0.2, -0.15) is 0 Å². The third-order valence-corrected chi connectivity index (χ3v) is 4.23. The predicted molar refractivity (Wildman–Crippen MR) is 87.3 cm³/mol. The molecule has 0 bridgehead atoms. The van der Waals surface area contributed by atoms with Crippen LogP contribution in [0.15, 0.2) is 29.6 Å². The topological polar surface area (TPSA) is 105 Å². The van der Waals surface area contributed by atoms with E-state index in [9.17, 15) is 14.9 Å². The molecule has 7 nitrogen and oxygen atoms in total. The van der Waals surface area contributed by atoms with Gasteiger partial charge in [0.25, 0.3) is 5.69 Å². The van der Waals surface area contributed by atoms with Gasteiger partial charge >= 0.3 is 5.97 Å². The Morgan fingerprint density at radius 3 is 2.83 bits per heavy atom. The van der Waals surface area contributed by atoms with E-state index in [2.05, 4.69) is 10.3 Å². The van der Waals surface area contributed by atoms with Crippen molar-refractivity contribution in [2.45, 2.75) is 26.4 Å². The zero-order valence-electron chi connectivity index (χ0n) is 12.7. The number of rotatable bonds is 7. The Bertz CT molecular complexity index is 714. The van der Waals surface area contributed by atoms with E-state index in [-0.39, 0.29) is 11.6 Å². The van der Waals surface area contributed by atoms with E-state index in [1.807, 2.05) is 19.2 Å². The number of carboxylic acids is 1. The van der Waals surface area contributed by atoms with Crippen molar-refractivity contribution < 1.29 is 14.8 Å². The van der Waals surface area contributed by atoms with E-state index >= 15 is 0 Å². The molecular weight excluding hydrogens is 318 g/mol. The van der Waals surface area contributed by atoms with Crippen molar-refractivity contribution in [2.75, 3.05) is 0 Å². The summed E-state index contributed by atoms with van der Waals surface area (Å²) in [6.07, 6.45) is 0. The first kappa shape index (κ1) is 17.0. The molecule has 0 unspecified atom stereocenters. The van der Waals surface area contributed by atoms with Gasteiger partial charge in [-0.05, 0) is 5.92 Å². The quantitative estimate of drug-likeness (QED) is 0.595. The van der Waals surface area contributed by atoms with Crippen LogP contribution in [0, 0.1) is 16.0 Å². The predicted octanol–water partition coefficient (Wildman–Crippen LogP) is 2.92. The number of aliphatic carboxylic acids is 1. The van der Waals surface area contributed by atoms with E-state index in [1.165, 1.54) is 23.5 Å². The van der Waals surface area contributed by atoms with Crippen LogP contribution in [0.2, 0.25) is 0 Å². The molecule has 1 atom stereocenters. The van der Waals surface area contributed by atoms with E-state index in [0.717, 1.165) is 0 Å². The molecule has 1 heterocycles. The lowest BCUT2D eigenvalue weighted by molar-refractivity contribution is -0.384. The highest BCUT2D eigenvalue weighted by atomic mass is 32.1. The number of hydrogen-bond donors (Lipinski definition) is 2. The Kier molecular flexibility index (Phi) is 5.41. The Hall–Kier alpha value is -2.32. The van der Waals surface area contributed by atoms with Crippen molar-refractivity contribution >= 4 is 23.0 Å². The third-order valence-electron chi connectivity index (χ3n) is 3.29. The summed E-state index contributed by atoms with van der Waals surface area (Å²) in [4.78, 5) is 25.9. The number of non-ortho nitro benzene ring substituents is 1.